The highest BCUT2D eigenvalue weighted by molar-refractivity contribution is 5.53. The minimum absolute atomic E-state index is 0.302. The fourth-order valence-electron chi connectivity index (χ4n) is 3.33. The number of aromatic nitrogens is 2. The summed E-state index contributed by atoms with van der Waals surface area (Å²) >= 11 is 0. The molecule has 3 atom stereocenters. The maximum absolute atomic E-state index is 9.12. The summed E-state index contributed by atoms with van der Waals surface area (Å²) in [4.78, 5) is 2.19. The Hall–Kier alpha value is -1.67. The third-order valence-corrected chi connectivity index (χ3v) is 4.28. The Labute approximate surface area is 107 Å². The molecule has 1 aliphatic heterocycles. The maximum Gasteiger partial charge on any atom is 0.169 e. The summed E-state index contributed by atoms with van der Waals surface area (Å²) in [5.41, 5.74) is 6.81. The van der Waals surface area contributed by atoms with Crippen LogP contribution in [-0.2, 0) is 0 Å². The highest BCUT2D eigenvalue weighted by Crippen LogP contribution is 2.37. The van der Waals surface area contributed by atoms with Gasteiger partial charge in [0.2, 0.25) is 0 Å². The largest absolute Gasteiger partial charge is 0.353 e. The minimum Gasteiger partial charge on any atom is -0.353 e. The number of nitrogens with two attached hydrogens (primary N) is 1. The number of fused-ring (bicyclic) bond motifs is 1. The van der Waals surface area contributed by atoms with Crippen LogP contribution in [0.1, 0.15) is 24.8 Å². The van der Waals surface area contributed by atoms with Gasteiger partial charge in [-0.15, -0.1) is 5.10 Å². The summed E-state index contributed by atoms with van der Waals surface area (Å²) in [6.07, 6.45) is 5.16. The average molecular weight is 243 g/mol. The van der Waals surface area contributed by atoms with E-state index in [4.69, 9.17) is 11.0 Å². The highest BCUT2D eigenvalue weighted by Gasteiger charge is 2.39. The van der Waals surface area contributed by atoms with E-state index >= 15 is 0 Å². The van der Waals surface area contributed by atoms with Crippen molar-refractivity contribution < 1.29 is 0 Å². The number of anilines is 1. The van der Waals surface area contributed by atoms with Crippen LogP contribution in [0.5, 0.6) is 0 Å². The lowest BCUT2D eigenvalue weighted by molar-refractivity contribution is 0.260. The van der Waals surface area contributed by atoms with Crippen molar-refractivity contribution >= 4 is 5.82 Å². The van der Waals surface area contributed by atoms with Gasteiger partial charge in [0.1, 0.15) is 6.07 Å². The van der Waals surface area contributed by atoms with Gasteiger partial charge in [-0.3, -0.25) is 0 Å². The molecule has 3 rings (SSSR count). The van der Waals surface area contributed by atoms with Crippen molar-refractivity contribution in [2.75, 3.05) is 18.0 Å². The van der Waals surface area contributed by atoms with Gasteiger partial charge in [-0.25, -0.2) is 0 Å². The summed E-state index contributed by atoms with van der Waals surface area (Å²) in [5, 5.41) is 17.1. The molecule has 5 nitrogen and oxygen atoms in total. The highest BCUT2D eigenvalue weighted by atomic mass is 15.3. The van der Waals surface area contributed by atoms with Crippen LogP contribution in [0.25, 0.3) is 0 Å². The van der Waals surface area contributed by atoms with E-state index in [9.17, 15) is 0 Å². The lowest BCUT2D eigenvalue weighted by Crippen LogP contribution is -2.38. The molecule has 5 heteroatoms. The van der Waals surface area contributed by atoms with Crippen LogP contribution in [0.2, 0.25) is 0 Å². The van der Waals surface area contributed by atoms with E-state index in [2.05, 4.69) is 21.2 Å². The lowest BCUT2D eigenvalue weighted by atomic mass is 9.78. The van der Waals surface area contributed by atoms with E-state index < -0.39 is 0 Å². The van der Waals surface area contributed by atoms with Gasteiger partial charge in [0.05, 0.1) is 11.8 Å². The van der Waals surface area contributed by atoms with Gasteiger partial charge in [-0.05, 0) is 30.7 Å². The lowest BCUT2D eigenvalue weighted by Gasteiger charge is -2.29. The van der Waals surface area contributed by atoms with E-state index in [0.29, 0.717) is 23.4 Å². The number of nitrogens with zero attached hydrogens (tertiary/aromatic N) is 4. The second-order valence-electron chi connectivity index (χ2n) is 5.30. The number of hydrogen-bond donors (Lipinski definition) is 1. The first kappa shape index (κ1) is 11.4. The Morgan fingerprint density at radius 3 is 3.06 bits per heavy atom. The SMILES string of the molecule is N#Cc1ccnnc1N1CC2CCCC(N)C2C1. The second-order valence-corrected chi connectivity index (χ2v) is 5.30. The van der Waals surface area contributed by atoms with Crippen molar-refractivity contribution in [3.8, 4) is 6.07 Å². The molecule has 0 bridgehead atoms. The normalized spacial score (nSPS) is 30.9. The van der Waals surface area contributed by atoms with Crippen molar-refractivity contribution in [1.82, 2.24) is 10.2 Å². The zero-order chi connectivity index (χ0) is 12.5. The van der Waals surface area contributed by atoms with E-state index in [0.717, 1.165) is 25.3 Å². The zero-order valence-electron chi connectivity index (χ0n) is 10.3. The molecule has 0 spiro atoms. The smallest absolute Gasteiger partial charge is 0.169 e. The third-order valence-electron chi connectivity index (χ3n) is 4.28. The molecule has 1 aliphatic carbocycles. The van der Waals surface area contributed by atoms with Gasteiger partial charge in [0, 0.05) is 19.1 Å². The first-order valence-electron chi connectivity index (χ1n) is 6.52. The van der Waals surface area contributed by atoms with Crippen LogP contribution in [0, 0.1) is 23.2 Å². The second kappa shape index (κ2) is 4.54. The first-order chi connectivity index (χ1) is 8.79. The Kier molecular flexibility index (Phi) is 2.88. The van der Waals surface area contributed by atoms with E-state index in [-0.39, 0.29) is 0 Å². The van der Waals surface area contributed by atoms with Crippen molar-refractivity contribution in [3.05, 3.63) is 17.8 Å². The van der Waals surface area contributed by atoms with Crippen LogP contribution >= 0.6 is 0 Å². The molecule has 0 radical (unpaired) electrons. The number of nitriles is 1. The van der Waals surface area contributed by atoms with Crippen LogP contribution < -0.4 is 10.6 Å². The van der Waals surface area contributed by atoms with Crippen molar-refractivity contribution in [3.63, 3.8) is 0 Å². The number of hydrogen-bond acceptors (Lipinski definition) is 5. The van der Waals surface area contributed by atoms with Gasteiger partial charge in [0.25, 0.3) is 0 Å². The van der Waals surface area contributed by atoms with E-state index in [1.54, 1.807) is 12.3 Å². The molecule has 1 saturated heterocycles. The Balaban J connectivity index is 1.85. The molecule has 1 aromatic rings. The molecule has 0 amide bonds. The Bertz CT molecular complexity index is 481. The fourth-order valence-corrected chi connectivity index (χ4v) is 3.33. The van der Waals surface area contributed by atoms with Crippen LogP contribution in [0.15, 0.2) is 12.3 Å². The number of rotatable bonds is 1. The summed E-state index contributed by atoms with van der Waals surface area (Å²) in [6, 6.07) is 4.22. The summed E-state index contributed by atoms with van der Waals surface area (Å²) in [6.45, 7) is 1.88. The predicted octanol–water partition coefficient (Wildman–Crippen LogP) is 0.912. The molecule has 94 valence electrons. The van der Waals surface area contributed by atoms with Crippen molar-refractivity contribution in [2.45, 2.75) is 25.3 Å². The molecular formula is C13H17N5. The predicted molar refractivity (Wildman–Crippen MR) is 67.8 cm³/mol. The summed E-state index contributed by atoms with van der Waals surface area (Å²) in [5.74, 6) is 1.93. The van der Waals surface area contributed by atoms with Gasteiger partial charge >= 0.3 is 0 Å². The molecule has 2 fully saturated rings. The standard InChI is InChI=1S/C13H17N5/c14-6-9-4-5-16-17-13(9)18-7-10-2-1-3-12(15)11(10)8-18/h4-5,10-12H,1-3,7-8,15H2. The minimum atomic E-state index is 0.302. The van der Waals surface area contributed by atoms with Crippen molar-refractivity contribution in [2.24, 2.45) is 17.6 Å². The third kappa shape index (κ3) is 1.83. The van der Waals surface area contributed by atoms with Crippen molar-refractivity contribution in [1.29, 1.82) is 5.26 Å². The molecule has 1 saturated carbocycles. The molecular weight excluding hydrogens is 226 g/mol. The first-order valence-corrected chi connectivity index (χ1v) is 6.52. The molecule has 2 N–H and O–H groups in total. The molecule has 2 heterocycles. The van der Waals surface area contributed by atoms with Crippen LogP contribution in [0.4, 0.5) is 5.82 Å². The summed E-state index contributed by atoms with van der Waals surface area (Å²) in [7, 11) is 0. The Morgan fingerprint density at radius 2 is 2.28 bits per heavy atom. The molecule has 0 aromatic carbocycles. The molecule has 1 aromatic heterocycles. The van der Waals surface area contributed by atoms with Gasteiger partial charge in [-0.2, -0.15) is 10.4 Å². The maximum atomic E-state index is 9.12. The average Bonchev–Trinajstić information content (AvgIpc) is 2.84. The van der Waals surface area contributed by atoms with Gasteiger partial charge in [-0.1, -0.05) is 6.42 Å². The van der Waals surface area contributed by atoms with Crippen LogP contribution in [-0.4, -0.2) is 29.3 Å². The van der Waals surface area contributed by atoms with Crippen LogP contribution in [0.3, 0.4) is 0 Å². The fraction of sp³-hybridized carbons (Fsp3) is 0.615. The Morgan fingerprint density at radius 1 is 1.39 bits per heavy atom. The zero-order valence-corrected chi connectivity index (χ0v) is 10.3. The summed E-state index contributed by atoms with van der Waals surface area (Å²) < 4.78 is 0. The topological polar surface area (TPSA) is 78.8 Å². The monoisotopic (exact) mass is 243 g/mol. The molecule has 18 heavy (non-hydrogen) atoms. The van der Waals surface area contributed by atoms with E-state index in [1.165, 1.54) is 12.8 Å². The van der Waals surface area contributed by atoms with Gasteiger partial charge < -0.3 is 10.6 Å². The van der Waals surface area contributed by atoms with E-state index in [1.807, 2.05) is 0 Å². The quantitative estimate of drug-likeness (QED) is 0.793. The van der Waals surface area contributed by atoms with Gasteiger partial charge in [0.15, 0.2) is 5.82 Å². The molecule has 3 unspecified atom stereocenters. The molecule has 2 aliphatic rings.